The quantitative estimate of drug-likeness (QED) is 0.868. The van der Waals surface area contributed by atoms with E-state index in [9.17, 15) is 18.0 Å². The summed E-state index contributed by atoms with van der Waals surface area (Å²) in [6.45, 7) is 1.85. The predicted octanol–water partition coefficient (Wildman–Crippen LogP) is 3.13. The lowest BCUT2D eigenvalue weighted by Gasteiger charge is -2.11. The molecule has 0 aromatic heterocycles. The molecule has 1 unspecified atom stereocenters. The van der Waals surface area contributed by atoms with Crippen molar-refractivity contribution in [3.8, 4) is 0 Å². The number of benzene rings is 1. The minimum absolute atomic E-state index is 0.163. The van der Waals surface area contributed by atoms with Gasteiger partial charge in [0.05, 0.1) is 12.2 Å². The molecule has 106 valence electrons. The molecule has 0 fully saturated rings. The minimum Gasteiger partial charge on any atom is -0.479 e. The predicted molar refractivity (Wildman–Crippen MR) is 62.8 cm³/mol. The molecule has 6 heteroatoms. The molecule has 0 aliphatic heterocycles. The summed E-state index contributed by atoms with van der Waals surface area (Å²) in [7, 11) is 0. The van der Waals surface area contributed by atoms with Crippen LogP contribution in [0.15, 0.2) is 24.3 Å². The number of hydrogen-bond acceptors (Lipinski definition) is 2. The number of rotatable bonds is 6. The van der Waals surface area contributed by atoms with Gasteiger partial charge in [-0.3, -0.25) is 0 Å². The Morgan fingerprint density at radius 2 is 1.89 bits per heavy atom. The normalized spacial score (nSPS) is 13.3. The summed E-state index contributed by atoms with van der Waals surface area (Å²) in [6.07, 6.45) is -4.48. The average Bonchev–Trinajstić information content (AvgIpc) is 2.33. The molecule has 0 aliphatic rings. The number of carbonyl (C=O) groups is 1. The van der Waals surface area contributed by atoms with Crippen LogP contribution in [0, 0.1) is 0 Å². The topological polar surface area (TPSA) is 46.5 Å². The monoisotopic (exact) mass is 276 g/mol. The maximum Gasteiger partial charge on any atom is 0.416 e. The summed E-state index contributed by atoms with van der Waals surface area (Å²) in [5.41, 5.74) is -0.0256. The zero-order valence-corrected chi connectivity index (χ0v) is 10.4. The molecule has 1 rings (SSSR count). The van der Waals surface area contributed by atoms with Crippen molar-refractivity contribution >= 4 is 5.97 Å². The number of carboxylic acid groups (broad SMARTS) is 1. The Bertz CT molecular complexity index is 412. The third-order valence-corrected chi connectivity index (χ3v) is 2.64. The Balaban J connectivity index is 2.49. The maximum atomic E-state index is 12.3. The van der Waals surface area contributed by atoms with Crippen molar-refractivity contribution in [2.24, 2.45) is 0 Å². The van der Waals surface area contributed by atoms with Gasteiger partial charge in [0.25, 0.3) is 0 Å². The van der Waals surface area contributed by atoms with Crippen LogP contribution in [0.5, 0.6) is 0 Å². The Hall–Kier alpha value is -1.56. The van der Waals surface area contributed by atoms with Gasteiger partial charge in [-0.2, -0.15) is 13.2 Å². The van der Waals surface area contributed by atoms with Crippen LogP contribution in [-0.2, 0) is 22.1 Å². The molecule has 1 atom stereocenters. The van der Waals surface area contributed by atoms with Gasteiger partial charge >= 0.3 is 12.1 Å². The van der Waals surface area contributed by atoms with E-state index >= 15 is 0 Å². The molecule has 0 amide bonds. The van der Waals surface area contributed by atoms with Crippen molar-refractivity contribution in [1.29, 1.82) is 0 Å². The van der Waals surface area contributed by atoms with Crippen molar-refractivity contribution in [2.75, 3.05) is 6.61 Å². The second kappa shape index (κ2) is 6.56. The van der Waals surface area contributed by atoms with Gasteiger partial charge in [0, 0.05) is 0 Å². The van der Waals surface area contributed by atoms with Crippen LogP contribution >= 0.6 is 0 Å². The lowest BCUT2D eigenvalue weighted by molar-refractivity contribution is -0.150. The largest absolute Gasteiger partial charge is 0.479 e. The van der Waals surface area contributed by atoms with Gasteiger partial charge in [0.2, 0.25) is 0 Å². The van der Waals surface area contributed by atoms with E-state index in [0.29, 0.717) is 18.4 Å². The van der Waals surface area contributed by atoms with E-state index in [1.807, 2.05) is 0 Å². The van der Waals surface area contributed by atoms with Crippen LogP contribution < -0.4 is 0 Å². The van der Waals surface area contributed by atoms with Gasteiger partial charge in [-0.1, -0.05) is 19.1 Å². The van der Waals surface area contributed by atoms with Gasteiger partial charge in [0.1, 0.15) is 0 Å². The lowest BCUT2D eigenvalue weighted by atomic mass is 10.1. The van der Waals surface area contributed by atoms with Crippen LogP contribution in [0.2, 0.25) is 0 Å². The third-order valence-electron chi connectivity index (χ3n) is 2.64. The van der Waals surface area contributed by atoms with E-state index in [0.717, 1.165) is 12.1 Å². The van der Waals surface area contributed by atoms with E-state index in [2.05, 4.69) is 0 Å². The summed E-state index contributed by atoms with van der Waals surface area (Å²) in [5.74, 6) is -1.03. The number of halogens is 3. The fourth-order valence-corrected chi connectivity index (χ4v) is 1.54. The number of alkyl halides is 3. The molecule has 0 radical (unpaired) electrons. The Kier molecular flexibility index (Phi) is 5.35. The van der Waals surface area contributed by atoms with Gasteiger partial charge in [-0.05, 0) is 30.5 Å². The number of carboxylic acids is 1. The Labute approximate surface area is 109 Å². The van der Waals surface area contributed by atoms with Gasteiger partial charge < -0.3 is 9.84 Å². The molecule has 0 aliphatic carbocycles. The van der Waals surface area contributed by atoms with Gasteiger partial charge in [-0.15, -0.1) is 0 Å². The number of ether oxygens (including phenoxy) is 1. The van der Waals surface area contributed by atoms with Gasteiger partial charge in [0.15, 0.2) is 6.10 Å². The highest BCUT2D eigenvalue weighted by Crippen LogP contribution is 2.29. The van der Waals surface area contributed by atoms with Gasteiger partial charge in [-0.25, -0.2) is 4.79 Å². The molecule has 0 saturated heterocycles. The van der Waals surface area contributed by atoms with Crippen molar-refractivity contribution in [3.63, 3.8) is 0 Å². The minimum atomic E-state index is -4.34. The van der Waals surface area contributed by atoms with E-state index in [1.54, 1.807) is 6.92 Å². The van der Waals surface area contributed by atoms with E-state index in [1.165, 1.54) is 12.1 Å². The maximum absolute atomic E-state index is 12.3. The first-order chi connectivity index (χ1) is 8.84. The molecule has 0 saturated carbocycles. The molecule has 0 heterocycles. The molecule has 0 spiro atoms. The summed E-state index contributed by atoms with van der Waals surface area (Å²) in [4.78, 5) is 10.7. The standard InChI is InChI=1S/C13H15F3O3/c1-2-11(12(17)18)19-8-7-9-3-5-10(6-4-9)13(14,15)16/h3-6,11H,2,7-8H2,1H3,(H,17,18). The van der Waals surface area contributed by atoms with Crippen molar-refractivity contribution < 1.29 is 27.8 Å². The van der Waals surface area contributed by atoms with Crippen LogP contribution in [0.4, 0.5) is 13.2 Å². The number of hydrogen-bond donors (Lipinski definition) is 1. The third kappa shape index (κ3) is 4.90. The smallest absolute Gasteiger partial charge is 0.416 e. The van der Waals surface area contributed by atoms with Crippen molar-refractivity contribution in [1.82, 2.24) is 0 Å². The first-order valence-electron chi connectivity index (χ1n) is 5.85. The second-order valence-electron chi connectivity index (χ2n) is 4.05. The lowest BCUT2D eigenvalue weighted by Crippen LogP contribution is -2.23. The SMILES string of the molecule is CCC(OCCc1ccc(C(F)(F)F)cc1)C(=O)O. The van der Waals surface area contributed by atoms with E-state index in [-0.39, 0.29) is 6.61 Å². The zero-order valence-electron chi connectivity index (χ0n) is 10.4. The highest BCUT2D eigenvalue weighted by Gasteiger charge is 2.29. The van der Waals surface area contributed by atoms with Crippen LogP contribution in [-0.4, -0.2) is 23.8 Å². The fourth-order valence-electron chi connectivity index (χ4n) is 1.54. The fraction of sp³-hybridized carbons (Fsp3) is 0.462. The molecule has 1 aromatic rings. The summed E-state index contributed by atoms with van der Waals surface area (Å²) in [5, 5.41) is 8.75. The van der Waals surface area contributed by atoms with Crippen LogP contribution in [0.3, 0.4) is 0 Å². The highest BCUT2D eigenvalue weighted by molar-refractivity contribution is 5.72. The Morgan fingerprint density at radius 3 is 2.32 bits per heavy atom. The first-order valence-corrected chi connectivity index (χ1v) is 5.85. The highest BCUT2D eigenvalue weighted by atomic mass is 19.4. The summed E-state index contributed by atoms with van der Waals surface area (Å²) >= 11 is 0. The second-order valence-corrected chi connectivity index (χ2v) is 4.05. The van der Waals surface area contributed by atoms with Crippen molar-refractivity contribution in [2.45, 2.75) is 32.0 Å². The average molecular weight is 276 g/mol. The van der Waals surface area contributed by atoms with E-state index in [4.69, 9.17) is 9.84 Å². The molecule has 1 aromatic carbocycles. The molecule has 3 nitrogen and oxygen atoms in total. The first kappa shape index (κ1) is 15.5. The van der Waals surface area contributed by atoms with Crippen LogP contribution in [0.1, 0.15) is 24.5 Å². The summed E-state index contributed by atoms with van der Waals surface area (Å²) in [6, 6.07) is 4.75. The van der Waals surface area contributed by atoms with E-state index < -0.39 is 23.8 Å². The molecular weight excluding hydrogens is 261 g/mol. The zero-order chi connectivity index (χ0) is 14.5. The molecular formula is C13H15F3O3. The summed E-state index contributed by atoms with van der Waals surface area (Å²) < 4.78 is 42.1. The Morgan fingerprint density at radius 1 is 1.32 bits per heavy atom. The molecule has 19 heavy (non-hydrogen) atoms. The van der Waals surface area contributed by atoms with Crippen molar-refractivity contribution in [3.05, 3.63) is 35.4 Å². The van der Waals surface area contributed by atoms with Crippen LogP contribution in [0.25, 0.3) is 0 Å². The molecule has 0 bridgehead atoms. The molecule has 1 N–H and O–H groups in total. The number of aliphatic carboxylic acids is 1.